The number of hydrogen-bond donors (Lipinski definition) is 0. The Bertz CT molecular complexity index is 1470. The van der Waals surface area contributed by atoms with E-state index < -0.39 is 6.10 Å². The van der Waals surface area contributed by atoms with E-state index in [-0.39, 0.29) is 31.1 Å². The SMILES string of the molecule is CC/C=C\C/C=C\C/C=C\C/C=C\C/C=C\CCCCCCCCCCCCCCCCCC(=O)OCC(COC(=O)CCCCCCCC)OC(=O)CCCCCCCCCCCCCCCCCCCCCCCCCCCCCC. The van der Waals surface area contributed by atoms with Crippen LogP contribution in [-0.4, -0.2) is 37.2 Å². The third-order valence-electron chi connectivity index (χ3n) is 16.5. The van der Waals surface area contributed by atoms with E-state index in [1.807, 2.05) is 0 Å². The van der Waals surface area contributed by atoms with Crippen LogP contribution in [-0.2, 0) is 28.6 Å². The molecule has 0 rings (SSSR count). The fourth-order valence-electron chi connectivity index (χ4n) is 11.1. The monoisotopic (exact) mass is 1160 g/mol. The van der Waals surface area contributed by atoms with Crippen LogP contribution in [0.25, 0.3) is 0 Å². The molecule has 6 nitrogen and oxygen atoms in total. The predicted octanol–water partition coefficient (Wildman–Crippen LogP) is 25.5. The highest BCUT2D eigenvalue weighted by molar-refractivity contribution is 5.71. The van der Waals surface area contributed by atoms with Gasteiger partial charge in [-0.25, -0.2) is 0 Å². The molecule has 0 heterocycles. The summed E-state index contributed by atoms with van der Waals surface area (Å²) >= 11 is 0. The second-order valence-electron chi connectivity index (χ2n) is 24.8. The van der Waals surface area contributed by atoms with Gasteiger partial charge in [0.25, 0.3) is 0 Å². The topological polar surface area (TPSA) is 78.9 Å². The lowest BCUT2D eigenvalue weighted by atomic mass is 10.0. The second kappa shape index (κ2) is 71.6. The number of ether oxygens (including phenoxy) is 3. The summed E-state index contributed by atoms with van der Waals surface area (Å²) in [5.74, 6) is -0.853. The summed E-state index contributed by atoms with van der Waals surface area (Å²) in [5.41, 5.74) is 0. The molecule has 0 aromatic heterocycles. The average Bonchev–Trinajstić information content (AvgIpc) is 3.48. The van der Waals surface area contributed by atoms with Crippen molar-refractivity contribution in [3.63, 3.8) is 0 Å². The molecule has 1 unspecified atom stereocenters. The molecule has 484 valence electrons. The zero-order valence-corrected chi connectivity index (χ0v) is 55.7. The Morgan fingerprint density at radius 2 is 0.470 bits per heavy atom. The van der Waals surface area contributed by atoms with Crippen LogP contribution in [0.1, 0.15) is 393 Å². The first-order valence-electron chi connectivity index (χ1n) is 36.8. The molecular weight excluding hydrogens is 1020 g/mol. The standard InChI is InChI=1S/C77H140O6/c1-4-7-10-13-16-18-20-22-24-26-28-30-32-34-36-38-39-40-42-43-45-47-49-51-53-55-57-59-61-64-67-70-76(79)82-73-74(72-81-75(78)69-66-63-15-12-9-6-3)83-77(80)71-68-65-62-60-58-56-54-52-50-48-46-44-41-37-35-33-31-29-27-25-23-21-19-17-14-11-8-5-2/h7,10,16,18,22,24,28,30,34,36,74H,4-6,8-9,11-15,17,19-21,23,25-27,29,31-33,35,37-73H2,1-3H3/b10-7-,18-16-,24-22-,30-28-,36-34-. The first-order chi connectivity index (χ1) is 41.0. The smallest absolute Gasteiger partial charge is 0.306 e. The molecular formula is C77H140O6. The van der Waals surface area contributed by atoms with Gasteiger partial charge in [0.2, 0.25) is 0 Å². The van der Waals surface area contributed by atoms with E-state index in [0.29, 0.717) is 19.3 Å². The highest BCUT2D eigenvalue weighted by Crippen LogP contribution is 2.19. The molecule has 1 atom stereocenters. The minimum Gasteiger partial charge on any atom is -0.462 e. The quantitative estimate of drug-likeness (QED) is 0.0261. The van der Waals surface area contributed by atoms with Gasteiger partial charge in [-0.15, -0.1) is 0 Å². The van der Waals surface area contributed by atoms with Crippen molar-refractivity contribution in [1.29, 1.82) is 0 Å². The molecule has 6 heteroatoms. The van der Waals surface area contributed by atoms with Crippen LogP contribution in [0.3, 0.4) is 0 Å². The van der Waals surface area contributed by atoms with Crippen molar-refractivity contribution in [3.8, 4) is 0 Å². The predicted molar refractivity (Wildman–Crippen MR) is 362 cm³/mol. The van der Waals surface area contributed by atoms with Gasteiger partial charge >= 0.3 is 17.9 Å². The van der Waals surface area contributed by atoms with Gasteiger partial charge in [-0.2, -0.15) is 0 Å². The second-order valence-corrected chi connectivity index (χ2v) is 24.8. The summed E-state index contributed by atoms with van der Waals surface area (Å²) in [6, 6.07) is 0. The largest absolute Gasteiger partial charge is 0.462 e. The average molecular weight is 1160 g/mol. The molecule has 0 aliphatic carbocycles. The van der Waals surface area contributed by atoms with Gasteiger partial charge in [-0.05, 0) is 64.2 Å². The van der Waals surface area contributed by atoms with E-state index >= 15 is 0 Å². The number of carbonyl (C=O) groups is 3. The van der Waals surface area contributed by atoms with Crippen LogP contribution in [0.2, 0.25) is 0 Å². The highest BCUT2D eigenvalue weighted by Gasteiger charge is 2.19. The Balaban J connectivity index is 3.96. The first kappa shape index (κ1) is 80.1. The maximum atomic E-state index is 12.9. The number of unbranched alkanes of at least 4 members (excludes halogenated alkanes) is 47. The van der Waals surface area contributed by atoms with E-state index in [4.69, 9.17) is 14.2 Å². The van der Waals surface area contributed by atoms with Gasteiger partial charge in [-0.1, -0.05) is 370 Å². The van der Waals surface area contributed by atoms with E-state index in [1.165, 1.54) is 263 Å². The van der Waals surface area contributed by atoms with Crippen molar-refractivity contribution in [2.45, 2.75) is 399 Å². The third kappa shape index (κ3) is 69.8. The zero-order chi connectivity index (χ0) is 59.9. The van der Waals surface area contributed by atoms with Crippen molar-refractivity contribution >= 4 is 17.9 Å². The van der Waals surface area contributed by atoms with Crippen molar-refractivity contribution < 1.29 is 28.6 Å². The number of hydrogen-bond acceptors (Lipinski definition) is 6. The molecule has 0 radical (unpaired) electrons. The normalized spacial score (nSPS) is 12.4. The molecule has 0 amide bonds. The van der Waals surface area contributed by atoms with Crippen LogP contribution in [0.15, 0.2) is 60.8 Å². The Kier molecular flexibility index (Phi) is 69.1. The minimum absolute atomic E-state index is 0.0686. The van der Waals surface area contributed by atoms with Crippen molar-refractivity contribution in [3.05, 3.63) is 60.8 Å². The lowest BCUT2D eigenvalue weighted by Gasteiger charge is -2.18. The number of rotatable bonds is 68. The molecule has 0 saturated heterocycles. The van der Waals surface area contributed by atoms with Crippen molar-refractivity contribution in [2.24, 2.45) is 0 Å². The van der Waals surface area contributed by atoms with Gasteiger partial charge in [0.05, 0.1) is 0 Å². The molecule has 83 heavy (non-hydrogen) atoms. The summed E-state index contributed by atoms with van der Waals surface area (Å²) in [6.07, 6.45) is 93.1. The summed E-state index contributed by atoms with van der Waals surface area (Å²) in [5, 5.41) is 0. The van der Waals surface area contributed by atoms with Gasteiger partial charge in [0, 0.05) is 19.3 Å². The van der Waals surface area contributed by atoms with Gasteiger partial charge in [0.15, 0.2) is 6.10 Å². The van der Waals surface area contributed by atoms with Gasteiger partial charge in [0.1, 0.15) is 13.2 Å². The molecule has 0 bridgehead atoms. The molecule has 0 N–H and O–H groups in total. The van der Waals surface area contributed by atoms with Crippen molar-refractivity contribution in [2.75, 3.05) is 13.2 Å². The maximum absolute atomic E-state index is 12.9. The van der Waals surface area contributed by atoms with Gasteiger partial charge in [-0.3, -0.25) is 14.4 Å². The Morgan fingerprint density at radius 1 is 0.253 bits per heavy atom. The van der Waals surface area contributed by atoms with Crippen LogP contribution in [0, 0.1) is 0 Å². The van der Waals surface area contributed by atoms with Crippen LogP contribution < -0.4 is 0 Å². The summed E-state index contributed by atoms with van der Waals surface area (Å²) in [6.45, 7) is 6.53. The molecule has 0 spiro atoms. The fraction of sp³-hybridized carbons (Fsp3) is 0.831. The molecule has 0 aliphatic rings. The molecule has 0 aromatic rings. The van der Waals surface area contributed by atoms with E-state index in [2.05, 4.69) is 81.5 Å². The van der Waals surface area contributed by atoms with Crippen LogP contribution >= 0.6 is 0 Å². The number of carbonyl (C=O) groups excluding carboxylic acids is 3. The van der Waals surface area contributed by atoms with Crippen molar-refractivity contribution in [1.82, 2.24) is 0 Å². The molecule has 0 saturated carbocycles. The minimum atomic E-state index is -0.769. The number of esters is 3. The Morgan fingerprint density at radius 3 is 0.735 bits per heavy atom. The third-order valence-corrected chi connectivity index (χ3v) is 16.5. The number of allylic oxidation sites excluding steroid dienone is 10. The maximum Gasteiger partial charge on any atom is 0.306 e. The van der Waals surface area contributed by atoms with E-state index in [9.17, 15) is 14.4 Å². The lowest BCUT2D eigenvalue weighted by Crippen LogP contribution is -2.30. The lowest BCUT2D eigenvalue weighted by molar-refractivity contribution is -0.167. The van der Waals surface area contributed by atoms with E-state index in [0.717, 1.165) is 89.9 Å². The Labute approximate surface area is 517 Å². The molecule has 0 aromatic carbocycles. The summed E-state index contributed by atoms with van der Waals surface area (Å²) < 4.78 is 16.9. The molecule has 0 aliphatic heterocycles. The van der Waals surface area contributed by atoms with Gasteiger partial charge < -0.3 is 14.2 Å². The summed E-state index contributed by atoms with van der Waals surface area (Å²) in [4.78, 5) is 38.2. The van der Waals surface area contributed by atoms with E-state index in [1.54, 1.807) is 0 Å². The first-order valence-corrected chi connectivity index (χ1v) is 36.8. The fourth-order valence-corrected chi connectivity index (χ4v) is 11.1. The zero-order valence-electron chi connectivity index (χ0n) is 55.7. The Hall–Kier alpha value is -2.89. The van der Waals surface area contributed by atoms with Crippen LogP contribution in [0.4, 0.5) is 0 Å². The molecule has 0 fully saturated rings. The highest BCUT2D eigenvalue weighted by atomic mass is 16.6. The van der Waals surface area contributed by atoms with Crippen LogP contribution in [0.5, 0.6) is 0 Å². The summed E-state index contributed by atoms with van der Waals surface area (Å²) in [7, 11) is 0.